The molecule has 1 unspecified atom stereocenters. The molecule has 6 heteroatoms. The lowest BCUT2D eigenvalue weighted by Gasteiger charge is -2.12. The molecule has 2 rings (SSSR count). The van der Waals surface area contributed by atoms with Crippen LogP contribution in [-0.2, 0) is 13.6 Å². The first kappa shape index (κ1) is 13.8. The highest BCUT2D eigenvalue weighted by atomic mass is 32.1. The molecule has 0 aliphatic carbocycles. The molecular formula is C13H18N4OS. The molecule has 0 saturated heterocycles. The van der Waals surface area contributed by atoms with Gasteiger partial charge in [-0.15, -0.1) is 11.3 Å². The molecule has 0 aliphatic heterocycles. The molecule has 102 valence electrons. The van der Waals surface area contributed by atoms with Crippen molar-refractivity contribution in [1.29, 1.82) is 0 Å². The number of carbonyl (C=O) groups is 1. The van der Waals surface area contributed by atoms with Crippen molar-refractivity contribution < 1.29 is 4.79 Å². The molecule has 0 saturated carbocycles. The normalized spacial score (nSPS) is 12.6. The van der Waals surface area contributed by atoms with E-state index in [1.807, 2.05) is 24.0 Å². The summed E-state index contributed by atoms with van der Waals surface area (Å²) in [6.07, 6.45) is 1.89. The van der Waals surface area contributed by atoms with Crippen molar-refractivity contribution in [3.8, 4) is 0 Å². The minimum atomic E-state index is -0.376. The van der Waals surface area contributed by atoms with Crippen LogP contribution in [0.3, 0.4) is 0 Å². The lowest BCUT2D eigenvalue weighted by molar-refractivity contribution is 0.100. The number of nitrogens with two attached hydrogens (primary N) is 1. The van der Waals surface area contributed by atoms with Crippen molar-refractivity contribution in [2.45, 2.75) is 26.4 Å². The molecule has 5 nitrogen and oxygen atoms in total. The van der Waals surface area contributed by atoms with Crippen molar-refractivity contribution in [3.05, 3.63) is 39.3 Å². The number of thiophene rings is 1. The maximum absolute atomic E-state index is 11.0. The number of primary amides is 1. The van der Waals surface area contributed by atoms with Crippen molar-refractivity contribution in [2.75, 3.05) is 0 Å². The van der Waals surface area contributed by atoms with Crippen LogP contribution < -0.4 is 11.1 Å². The third-order valence-corrected chi connectivity index (χ3v) is 4.20. The molecule has 0 spiro atoms. The molecule has 1 amide bonds. The average molecular weight is 278 g/mol. The maximum atomic E-state index is 11.0. The van der Waals surface area contributed by atoms with E-state index in [1.54, 1.807) is 16.7 Å². The number of amides is 1. The number of hydrogen-bond donors (Lipinski definition) is 2. The Hall–Kier alpha value is -1.66. The van der Waals surface area contributed by atoms with E-state index in [1.165, 1.54) is 5.56 Å². The van der Waals surface area contributed by atoms with Gasteiger partial charge in [0, 0.05) is 41.1 Å². The first-order valence-electron chi connectivity index (χ1n) is 6.08. The van der Waals surface area contributed by atoms with Crippen LogP contribution in [0.2, 0.25) is 0 Å². The van der Waals surface area contributed by atoms with Gasteiger partial charge in [0.15, 0.2) is 0 Å². The Kier molecular flexibility index (Phi) is 4.01. The average Bonchev–Trinajstić information content (AvgIpc) is 2.95. The van der Waals surface area contributed by atoms with Gasteiger partial charge in [-0.3, -0.25) is 9.48 Å². The monoisotopic (exact) mass is 278 g/mol. The van der Waals surface area contributed by atoms with Gasteiger partial charge in [0.05, 0.1) is 11.8 Å². The minimum Gasteiger partial charge on any atom is -0.366 e. The van der Waals surface area contributed by atoms with Gasteiger partial charge in [0.2, 0.25) is 5.91 Å². The van der Waals surface area contributed by atoms with Gasteiger partial charge in [0.25, 0.3) is 0 Å². The topological polar surface area (TPSA) is 72.9 Å². The summed E-state index contributed by atoms with van der Waals surface area (Å²) in [5.74, 6) is -0.376. The van der Waals surface area contributed by atoms with Gasteiger partial charge in [-0.1, -0.05) is 0 Å². The summed E-state index contributed by atoms with van der Waals surface area (Å²) in [6, 6.07) is 2.05. The number of nitrogens with one attached hydrogen (secondary N) is 1. The predicted molar refractivity (Wildman–Crippen MR) is 76.0 cm³/mol. The van der Waals surface area contributed by atoms with Crippen molar-refractivity contribution in [2.24, 2.45) is 12.8 Å². The molecule has 0 aliphatic rings. The van der Waals surface area contributed by atoms with Crippen LogP contribution >= 0.6 is 11.3 Å². The summed E-state index contributed by atoms with van der Waals surface area (Å²) in [5, 5.41) is 9.46. The highest BCUT2D eigenvalue weighted by Crippen LogP contribution is 2.19. The number of carbonyl (C=O) groups excluding carboxylic acids is 1. The highest BCUT2D eigenvalue weighted by molar-refractivity contribution is 7.10. The van der Waals surface area contributed by atoms with E-state index >= 15 is 0 Å². The van der Waals surface area contributed by atoms with Gasteiger partial charge in [-0.25, -0.2) is 0 Å². The Bertz CT molecular complexity index is 587. The van der Waals surface area contributed by atoms with Crippen LogP contribution in [0.5, 0.6) is 0 Å². The number of nitrogens with zero attached hydrogens (tertiary/aromatic N) is 2. The third-order valence-electron chi connectivity index (χ3n) is 3.26. The quantitative estimate of drug-likeness (QED) is 0.875. The minimum absolute atomic E-state index is 0.216. The van der Waals surface area contributed by atoms with Gasteiger partial charge in [-0.05, 0) is 19.9 Å². The van der Waals surface area contributed by atoms with Crippen molar-refractivity contribution in [1.82, 2.24) is 15.1 Å². The van der Waals surface area contributed by atoms with Crippen molar-refractivity contribution in [3.63, 3.8) is 0 Å². The van der Waals surface area contributed by atoms with E-state index in [0.717, 1.165) is 10.6 Å². The van der Waals surface area contributed by atoms with Gasteiger partial charge in [-0.2, -0.15) is 5.10 Å². The summed E-state index contributed by atoms with van der Waals surface area (Å²) >= 11 is 1.54. The Morgan fingerprint density at radius 3 is 2.89 bits per heavy atom. The summed E-state index contributed by atoms with van der Waals surface area (Å²) in [7, 11) is 1.93. The fourth-order valence-electron chi connectivity index (χ4n) is 1.91. The number of hydrogen-bond acceptors (Lipinski definition) is 4. The summed E-state index contributed by atoms with van der Waals surface area (Å²) < 4.78 is 1.86. The molecule has 1 atom stereocenters. The number of rotatable bonds is 5. The van der Waals surface area contributed by atoms with E-state index in [9.17, 15) is 4.79 Å². The summed E-state index contributed by atoms with van der Waals surface area (Å²) in [5.41, 5.74) is 8.15. The molecule has 2 heterocycles. The molecule has 2 aromatic heterocycles. The molecule has 0 aromatic carbocycles. The largest absolute Gasteiger partial charge is 0.366 e. The van der Waals surface area contributed by atoms with E-state index in [2.05, 4.69) is 24.3 Å². The van der Waals surface area contributed by atoms with Gasteiger partial charge in [0.1, 0.15) is 0 Å². The van der Waals surface area contributed by atoms with E-state index < -0.39 is 0 Å². The molecule has 0 bridgehead atoms. The van der Waals surface area contributed by atoms with Crippen LogP contribution in [0, 0.1) is 6.92 Å². The van der Waals surface area contributed by atoms with Crippen LogP contribution in [0.4, 0.5) is 0 Å². The standard InChI is InChI=1S/C13H18N4OS/c1-8(12-6-16-17(3)9(12)2)15-5-11-4-10(7-19-11)13(14)18/h4,6-8,15H,5H2,1-3H3,(H2,14,18). The first-order chi connectivity index (χ1) is 8.99. The second kappa shape index (κ2) is 5.54. The molecule has 3 N–H and O–H groups in total. The lowest BCUT2D eigenvalue weighted by atomic mass is 10.1. The molecule has 0 fully saturated rings. The molecule has 19 heavy (non-hydrogen) atoms. The van der Waals surface area contributed by atoms with Crippen LogP contribution in [0.15, 0.2) is 17.6 Å². The fourth-order valence-corrected chi connectivity index (χ4v) is 2.73. The Labute approximate surface area is 116 Å². The SMILES string of the molecule is Cc1c(C(C)NCc2cc(C(N)=O)cs2)cnn1C. The molecule has 2 aromatic rings. The smallest absolute Gasteiger partial charge is 0.249 e. The van der Waals surface area contributed by atoms with E-state index in [4.69, 9.17) is 5.73 Å². The number of aromatic nitrogens is 2. The van der Waals surface area contributed by atoms with Crippen LogP contribution in [0.25, 0.3) is 0 Å². The summed E-state index contributed by atoms with van der Waals surface area (Å²) in [4.78, 5) is 12.1. The van der Waals surface area contributed by atoms with E-state index in [0.29, 0.717) is 12.1 Å². The zero-order chi connectivity index (χ0) is 14.0. The van der Waals surface area contributed by atoms with Crippen molar-refractivity contribution >= 4 is 17.2 Å². The second-order valence-electron chi connectivity index (χ2n) is 4.58. The predicted octanol–water partition coefficient (Wildman–Crippen LogP) is 1.74. The lowest BCUT2D eigenvalue weighted by Crippen LogP contribution is -2.18. The van der Waals surface area contributed by atoms with Gasteiger partial charge >= 0.3 is 0 Å². The van der Waals surface area contributed by atoms with Gasteiger partial charge < -0.3 is 11.1 Å². The van der Waals surface area contributed by atoms with Crippen LogP contribution in [0.1, 0.15) is 39.5 Å². The number of aryl methyl sites for hydroxylation is 1. The van der Waals surface area contributed by atoms with E-state index in [-0.39, 0.29) is 11.9 Å². The molecule has 0 radical (unpaired) electrons. The highest BCUT2D eigenvalue weighted by Gasteiger charge is 2.12. The molecular weight excluding hydrogens is 260 g/mol. The Morgan fingerprint density at radius 2 is 2.37 bits per heavy atom. The third kappa shape index (κ3) is 3.02. The zero-order valence-corrected chi connectivity index (χ0v) is 12.1. The first-order valence-corrected chi connectivity index (χ1v) is 6.96. The zero-order valence-electron chi connectivity index (χ0n) is 11.3. The fraction of sp³-hybridized carbons (Fsp3) is 0.385. The second-order valence-corrected chi connectivity index (χ2v) is 5.57. The maximum Gasteiger partial charge on any atom is 0.249 e. The van der Waals surface area contributed by atoms with Crippen LogP contribution in [-0.4, -0.2) is 15.7 Å². The Balaban J connectivity index is 1.98. The summed E-state index contributed by atoms with van der Waals surface area (Å²) in [6.45, 7) is 4.87. The Morgan fingerprint density at radius 1 is 1.63 bits per heavy atom.